The highest BCUT2D eigenvalue weighted by molar-refractivity contribution is 5.98. The minimum Gasteiger partial charge on any atom is -0.329 e. The normalized spacial score (nSPS) is 28.3. The molecule has 5 nitrogen and oxygen atoms in total. The van der Waals surface area contributed by atoms with Crippen LogP contribution in [-0.4, -0.2) is 53.1 Å². The van der Waals surface area contributed by atoms with Crippen LogP contribution in [0.2, 0.25) is 0 Å². The summed E-state index contributed by atoms with van der Waals surface area (Å²) in [6.45, 7) is 0.924. The maximum Gasteiger partial charge on any atom is 0.246 e. The topological polar surface area (TPSA) is 57.7 Å². The molecule has 98 valence electrons. The number of Topliss-reactive ketones (excluding diaryl/α,β-unsaturated/α-hetero) is 1. The fraction of sp³-hybridized carbons (Fsp3) is 0.769. The highest BCUT2D eigenvalue weighted by Crippen LogP contribution is 2.30. The third kappa shape index (κ3) is 2.02. The van der Waals surface area contributed by atoms with Crippen molar-refractivity contribution in [2.75, 3.05) is 19.6 Å². The Morgan fingerprint density at radius 1 is 1.17 bits per heavy atom. The standard InChI is InChI=1S/C13H18N2O3/c16-11(9-4-5-9)7-14-8-12(17)15-6-2-1-3-10(15)13(14)18/h9-10H,1-8H2. The van der Waals surface area contributed by atoms with Crippen LogP contribution in [0, 0.1) is 5.92 Å². The molecule has 0 spiro atoms. The maximum absolute atomic E-state index is 12.3. The predicted octanol–water partition coefficient (Wildman–Crippen LogP) is 0.189. The Morgan fingerprint density at radius 2 is 1.94 bits per heavy atom. The first kappa shape index (κ1) is 11.7. The van der Waals surface area contributed by atoms with Crippen molar-refractivity contribution < 1.29 is 14.4 Å². The summed E-state index contributed by atoms with van der Waals surface area (Å²) in [5.41, 5.74) is 0. The summed E-state index contributed by atoms with van der Waals surface area (Å²) in [6.07, 6.45) is 4.62. The van der Waals surface area contributed by atoms with Crippen LogP contribution in [0.25, 0.3) is 0 Å². The van der Waals surface area contributed by atoms with E-state index in [2.05, 4.69) is 0 Å². The molecule has 0 aromatic rings. The molecule has 2 aliphatic heterocycles. The largest absolute Gasteiger partial charge is 0.329 e. The van der Waals surface area contributed by atoms with Gasteiger partial charge < -0.3 is 9.80 Å². The van der Waals surface area contributed by atoms with Crippen LogP contribution in [0.4, 0.5) is 0 Å². The minimum absolute atomic E-state index is 0.00268. The first-order chi connectivity index (χ1) is 8.66. The number of piperidine rings is 1. The van der Waals surface area contributed by atoms with Gasteiger partial charge in [0.1, 0.15) is 12.6 Å². The van der Waals surface area contributed by atoms with Gasteiger partial charge in [0.2, 0.25) is 11.8 Å². The van der Waals surface area contributed by atoms with Crippen LogP contribution in [0.3, 0.4) is 0 Å². The lowest BCUT2D eigenvalue weighted by Crippen LogP contribution is -2.61. The summed E-state index contributed by atoms with van der Waals surface area (Å²) in [5.74, 6) is 0.254. The van der Waals surface area contributed by atoms with Crippen molar-refractivity contribution in [3.8, 4) is 0 Å². The van der Waals surface area contributed by atoms with Crippen LogP contribution in [0.5, 0.6) is 0 Å². The van der Waals surface area contributed by atoms with Crippen LogP contribution in [-0.2, 0) is 14.4 Å². The van der Waals surface area contributed by atoms with Gasteiger partial charge in [0.25, 0.3) is 0 Å². The van der Waals surface area contributed by atoms with Gasteiger partial charge >= 0.3 is 0 Å². The van der Waals surface area contributed by atoms with Crippen molar-refractivity contribution in [1.29, 1.82) is 0 Å². The number of hydrogen-bond acceptors (Lipinski definition) is 3. The highest BCUT2D eigenvalue weighted by Gasteiger charge is 2.42. The average molecular weight is 250 g/mol. The number of piperazine rings is 1. The molecule has 5 heteroatoms. The summed E-state index contributed by atoms with van der Waals surface area (Å²) in [4.78, 5) is 39.2. The second-order valence-corrected chi connectivity index (χ2v) is 5.53. The van der Waals surface area contributed by atoms with Crippen molar-refractivity contribution >= 4 is 17.6 Å². The Hall–Kier alpha value is -1.39. The van der Waals surface area contributed by atoms with Crippen molar-refractivity contribution in [3.63, 3.8) is 0 Å². The molecule has 2 saturated heterocycles. The summed E-state index contributed by atoms with van der Waals surface area (Å²) in [7, 11) is 0. The molecule has 0 aromatic carbocycles. The second-order valence-electron chi connectivity index (χ2n) is 5.53. The van der Waals surface area contributed by atoms with E-state index in [0.29, 0.717) is 6.54 Å². The van der Waals surface area contributed by atoms with Gasteiger partial charge in [0, 0.05) is 12.5 Å². The van der Waals surface area contributed by atoms with Crippen molar-refractivity contribution in [1.82, 2.24) is 9.80 Å². The van der Waals surface area contributed by atoms with Gasteiger partial charge in [-0.3, -0.25) is 14.4 Å². The van der Waals surface area contributed by atoms with Gasteiger partial charge in [-0.25, -0.2) is 0 Å². The van der Waals surface area contributed by atoms with Gasteiger partial charge in [-0.2, -0.15) is 0 Å². The summed E-state index contributed by atoms with van der Waals surface area (Å²) < 4.78 is 0. The molecule has 3 aliphatic rings. The number of nitrogens with zero attached hydrogens (tertiary/aromatic N) is 2. The summed E-state index contributed by atoms with van der Waals surface area (Å²) >= 11 is 0. The molecule has 0 bridgehead atoms. The van der Waals surface area contributed by atoms with Gasteiger partial charge in [-0.15, -0.1) is 0 Å². The lowest BCUT2D eigenvalue weighted by molar-refractivity contribution is -0.158. The smallest absolute Gasteiger partial charge is 0.246 e. The Morgan fingerprint density at radius 3 is 2.67 bits per heavy atom. The van der Waals surface area contributed by atoms with Gasteiger partial charge in [-0.1, -0.05) is 0 Å². The van der Waals surface area contributed by atoms with Crippen LogP contribution in [0.15, 0.2) is 0 Å². The maximum atomic E-state index is 12.3. The number of amides is 2. The molecule has 0 N–H and O–H groups in total. The Kier molecular flexibility index (Phi) is 2.84. The Labute approximate surface area is 106 Å². The Balaban J connectivity index is 1.70. The monoisotopic (exact) mass is 250 g/mol. The lowest BCUT2D eigenvalue weighted by atomic mass is 9.98. The van der Waals surface area contributed by atoms with Gasteiger partial charge in [-0.05, 0) is 32.1 Å². The van der Waals surface area contributed by atoms with Crippen molar-refractivity contribution in [2.24, 2.45) is 5.92 Å². The Bertz CT molecular complexity index is 403. The van der Waals surface area contributed by atoms with E-state index < -0.39 is 0 Å². The third-order valence-electron chi connectivity index (χ3n) is 4.13. The lowest BCUT2D eigenvalue weighted by Gasteiger charge is -2.42. The predicted molar refractivity (Wildman–Crippen MR) is 63.7 cm³/mol. The molecule has 1 atom stereocenters. The molecule has 3 fully saturated rings. The fourth-order valence-electron chi connectivity index (χ4n) is 2.89. The highest BCUT2D eigenvalue weighted by atomic mass is 16.2. The molecular formula is C13H18N2O3. The zero-order valence-electron chi connectivity index (χ0n) is 10.4. The summed E-state index contributed by atoms with van der Waals surface area (Å²) in [5, 5.41) is 0. The zero-order valence-corrected chi connectivity index (χ0v) is 10.4. The number of ketones is 1. The summed E-state index contributed by atoms with van der Waals surface area (Å²) in [6, 6.07) is -0.299. The molecule has 0 aromatic heterocycles. The van der Waals surface area contributed by atoms with Crippen LogP contribution in [0.1, 0.15) is 32.1 Å². The fourth-order valence-corrected chi connectivity index (χ4v) is 2.89. The zero-order chi connectivity index (χ0) is 12.7. The minimum atomic E-state index is -0.299. The van der Waals surface area contributed by atoms with E-state index in [0.717, 1.165) is 32.1 Å². The van der Waals surface area contributed by atoms with Crippen molar-refractivity contribution in [3.05, 3.63) is 0 Å². The quantitative estimate of drug-likeness (QED) is 0.718. The van der Waals surface area contributed by atoms with Crippen molar-refractivity contribution in [2.45, 2.75) is 38.1 Å². The first-order valence-electron chi connectivity index (χ1n) is 6.78. The number of carbonyl (C=O) groups excluding carboxylic acids is 3. The SMILES string of the molecule is O=C(CN1CC(=O)N2CCCCC2C1=O)C1CC1. The number of hydrogen-bond donors (Lipinski definition) is 0. The number of rotatable bonds is 3. The molecule has 1 unspecified atom stereocenters. The van der Waals surface area contributed by atoms with E-state index in [1.165, 1.54) is 4.90 Å². The van der Waals surface area contributed by atoms with Gasteiger partial charge in [0.05, 0.1) is 6.54 Å². The molecule has 2 heterocycles. The molecule has 3 rings (SSSR count). The number of fused-ring (bicyclic) bond motifs is 1. The molecule has 1 saturated carbocycles. The van der Waals surface area contributed by atoms with E-state index in [4.69, 9.17) is 0 Å². The van der Waals surface area contributed by atoms with E-state index in [1.807, 2.05) is 0 Å². The van der Waals surface area contributed by atoms with E-state index >= 15 is 0 Å². The molecule has 0 radical (unpaired) electrons. The molecule has 1 aliphatic carbocycles. The molecular weight excluding hydrogens is 232 g/mol. The molecule has 18 heavy (non-hydrogen) atoms. The average Bonchev–Trinajstić information content (AvgIpc) is 3.20. The first-order valence-corrected chi connectivity index (χ1v) is 6.78. The van der Waals surface area contributed by atoms with Crippen LogP contribution < -0.4 is 0 Å². The van der Waals surface area contributed by atoms with Crippen LogP contribution >= 0.6 is 0 Å². The van der Waals surface area contributed by atoms with Gasteiger partial charge in [0.15, 0.2) is 5.78 Å². The van der Waals surface area contributed by atoms with E-state index in [9.17, 15) is 14.4 Å². The molecule has 2 amide bonds. The van der Waals surface area contributed by atoms with E-state index in [-0.39, 0.29) is 42.6 Å². The van der Waals surface area contributed by atoms with E-state index in [1.54, 1.807) is 4.90 Å². The third-order valence-corrected chi connectivity index (χ3v) is 4.13. The number of carbonyl (C=O) groups is 3. The second kappa shape index (κ2) is 4.37.